The number of ether oxygens (including phenoxy) is 1. The van der Waals surface area contributed by atoms with Crippen LogP contribution >= 0.6 is 23.2 Å². The lowest BCUT2D eigenvalue weighted by Gasteiger charge is -2.47. The zero-order chi connectivity index (χ0) is 41.8. The standard InChI is InChI=1S/C44H50Cl2N10O5/c45-34-3-1-29(21-37(34)54-15-8-39(57)50-43(54)60)42(59)53-19-11-44(12-20-53)9-17-51(18-10-44)25-28-5-13-52(14-6-28)30-2-4-36(35(46)23-30)48-41(58)33-24-47-56-16-7-38(49-40(33)56)55-26-32-22-31(55)27-61-32/h1-4,7,16,21,23-24,28,31-32H,5-6,8-15,17-20,22,25-27H2,(H,48,58)(H,50,57,60)/t31-,32-/m1/s1. The fourth-order valence-electron chi connectivity index (χ4n) is 10.3. The van der Waals surface area contributed by atoms with Crippen LogP contribution < -0.4 is 25.3 Å². The van der Waals surface area contributed by atoms with Crippen molar-refractivity contribution in [3.8, 4) is 0 Å². The van der Waals surface area contributed by atoms with Crippen LogP contribution in [0.15, 0.2) is 54.9 Å². The summed E-state index contributed by atoms with van der Waals surface area (Å²) in [5.41, 5.74) is 3.71. The summed E-state index contributed by atoms with van der Waals surface area (Å²) in [5.74, 6) is 0.790. The fraction of sp³-hybridized carbons (Fsp3) is 0.500. The van der Waals surface area contributed by atoms with Crippen molar-refractivity contribution in [2.75, 3.05) is 85.5 Å². The van der Waals surface area contributed by atoms with Gasteiger partial charge in [0.05, 0.1) is 46.4 Å². The summed E-state index contributed by atoms with van der Waals surface area (Å²) in [7, 11) is 0. The van der Waals surface area contributed by atoms with E-state index in [2.05, 4.69) is 30.4 Å². The highest BCUT2D eigenvalue weighted by Crippen LogP contribution is 2.42. The molecule has 2 N–H and O–H groups in total. The molecule has 2 aromatic heterocycles. The lowest BCUT2D eigenvalue weighted by Crippen LogP contribution is -2.50. The number of urea groups is 1. The number of imide groups is 1. The van der Waals surface area contributed by atoms with E-state index in [4.69, 9.17) is 32.9 Å². The molecular formula is C44H50Cl2N10O5. The van der Waals surface area contributed by atoms with Gasteiger partial charge in [-0.2, -0.15) is 5.10 Å². The largest absolute Gasteiger partial charge is 0.374 e. The summed E-state index contributed by atoms with van der Waals surface area (Å²) >= 11 is 13.2. The summed E-state index contributed by atoms with van der Waals surface area (Å²) in [5, 5.41) is 10.5. The van der Waals surface area contributed by atoms with Gasteiger partial charge in [0.2, 0.25) is 5.91 Å². The zero-order valence-electron chi connectivity index (χ0n) is 34.0. The number of carbonyl (C=O) groups is 4. The maximum atomic E-state index is 13.6. The molecule has 17 heteroatoms. The second kappa shape index (κ2) is 16.4. The normalized spacial score (nSPS) is 23.3. The Balaban J connectivity index is 0.679. The molecule has 0 saturated carbocycles. The van der Waals surface area contributed by atoms with Crippen LogP contribution in [-0.2, 0) is 9.53 Å². The van der Waals surface area contributed by atoms with Gasteiger partial charge in [-0.1, -0.05) is 23.2 Å². The van der Waals surface area contributed by atoms with Crippen LogP contribution in [0, 0.1) is 11.3 Å². The lowest BCUT2D eigenvalue weighted by atomic mass is 9.71. The number of aromatic nitrogens is 3. The zero-order valence-corrected chi connectivity index (χ0v) is 35.5. The highest BCUT2D eigenvalue weighted by molar-refractivity contribution is 6.34. The average molecular weight is 870 g/mol. The highest BCUT2D eigenvalue weighted by Gasteiger charge is 2.41. The van der Waals surface area contributed by atoms with E-state index in [0.29, 0.717) is 69.9 Å². The number of benzene rings is 2. The third kappa shape index (κ3) is 8.01. The van der Waals surface area contributed by atoms with Gasteiger partial charge in [0, 0.05) is 69.7 Å². The van der Waals surface area contributed by atoms with Crippen molar-refractivity contribution >= 4 is 75.5 Å². The number of carbonyl (C=O) groups excluding carboxylic acids is 4. The Morgan fingerprint density at radius 3 is 2.43 bits per heavy atom. The van der Waals surface area contributed by atoms with Gasteiger partial charge in [0.15, 0.2) is 5.65 Å². The van der Waals surface area contributed by atoms with Crippen molar-refractivity contribution < 1.29 is 23.9 Å². The van der Waals surface area contributed by atoms with Crippen molar-refractivity contribution in [3.05, 3.63) is 76.0 Å². The maximum absolute atomic E-state index is 13.6. The molecule has 2 bridgehead atoms. The van der Waals surface area contributed by atoms with E-state index in [1.807, 2.05) is 35.4 Å². The molecule has 15 nitrogen and oxygen atoms in total. The van der Waals surface area contributed by atoms with Gasteiger partial charge in [0.1, 0.15) is 11.4 Å². The van der Waals surface area contributed by atoms with E-state index in [-0.39, 0.29) is 42.2 Å². The summed E-state index contributed by atoms with van der Waals surface area (Å²) in [4.78, 5) is 66.7. The molecule has 0 unspecified atom stereocenters. The van der Waals surface area contributed by atoms with Gasteiger partial charge < -0.3 is 29.7 Å². The Labute approximate surface area is 364 Å². The Kier molecular flexibility index (Phi) is 10.8. The summed E-state index contributed by atoms with van der Waals surface area (Å²) in [6.45, 7) is 8.34. The van der Waals surface area contributed by atoms with E-state index in [9.17, 15) is 19.2 Å². The Bertz CT molecular complexity index is 2370. The first kappa shape index (κ1) is 40.1. The number of amides is 5. The number of morpholine rings is 1. The topological polar surface area (TPSA) is 148 Å². The predicted molar refractivity (Wildman–Crippen MR) is 233 cm³/mol. The maximum Gasteiger partial charge on any atom is 0.328 e. The quantitative estimate of drug-likeness (QED) is 0.218. The number of hydrogen-bond acceptors (Lipinski definition) is 10. The molecule has 61 heavy (non-hydrogen) atoms. The summed E-state index contributed by atoms with van der Waals surface area (Å²) in [6.07, 6.45) is 11.3. The molecule has 5 amide bonds. The number of anilines is 4. The number of hydrogen-bond donors (Lipinski definition) is 2. The SMILES string of the molecule is O=C1CCN(c2cc(C(=O)N3CCC4(CCN(CC5CCN(c6ccc(NC(=O)c7cnn8ccc(N9C[C@H]%10C[C@@H]9CO%10)nc78)c(Cl)c6)CC5)CC4)CC3)ccc2Cl)C(=O)N1. The number of halogens is 2. The molecule has 6 aliphatic heterocycles. The number of nitrogens with one attached hydrogen (secondary N) is 2. The van der Waals surface area contributed by atoms with Crippen LogP contribution in [0.2, 0.25) is 10.0 Å². The van der Waals surface area contributed by atoms with E-state index in [1.54, 1.807) is 28.9 Å². The molecule has 4 aromatic rings. The third-order valence-electron chi connectivity index (χ3n) is 14.1. The van der Waals surface area contributed by atoms with Crippen molar-refractivity contribution in [1.29, 1.82) is 0 Å². The van der Waals surface area contributed by atoms with E-state index in [0.717, 1.165) is 95.7 Å². The number of piperidine rings is 3. The molecular weight excluding hydrogens is 819 g/mol. The fourth-order valence-corrected chi connectivity index (χ4v) is 10.8. The molecule has 10 rings (SSSR count). The molecule has 2 atom stereocenters. The molecule has 1 spiro atoms. The lowest BCUT2D eigenvalue weighted by molar-refractivity contribution is -0.120. The van der Waals surface area contributed by atoms with Gasteiger partial charge in [0.25, 0.3) is 11.8 Å². The first-order valence-electron chi connectivity index (χ1n) is 21.6. The predicted octanol–water partition coefficient (Wildman–Crippen LogP) is 5.95. The molecule has 8 heterocycles. The Morgan fingerprint density at radius 1 is 0.918 bits per heavy atom. The Morgan fingerprint density at radius 2 is 1.70 bits per heavy atom. The first-order chi connectivity index (χ1) is 29.6. The van der Waals surface area contributed by atoms with Gasteiger partial charge in [-0.25, -0.2) is 14.3 Å². The monoisotopic (exact) mass is 868 g/mol. The molecule has 2 aromatic carbocycles. The minimum absolute atomic E-state index is 0.0540. The minimum atomic E-state index is -0.523. The van der Waals surface area contributed by atoms with E-state index >= 15 is 0 Å². The molecule has 6 saturated heterocycles. The molecule has 320 valence electrons. The number of likely N-dealkylation sites (tertiary alicyclic amines) is 2. The van der Waals surface area contributed by atoms with Crippen LogP contribution in [0.1, 0.15) is 72.1 Å². The van der Waals surface area contributed by atoms with Crippen molar-refractivity contribution in [2.24, 2.45) is 11.3 Å². The third-order valence-corrected chi connectivity index (χ3v) is 14.7. The number of rotatable bonds is 8. The van der Waals surface area contributed by atoms with Crippen LogP contribution in [0.25, 0.3) is 5.65 Å². The minimum Gasteiger partial charge on any atom is -0.374 e. The van der Waals surface area contributed by atoms with E-state index in [1.165, 1.54) is 4.90 Å². The number of fused-ring (bicyclic) bond motifs is 3. The number of nitrogens with zero attached hydrogens (tertiary/aromatic N) is 8. The Hall–Kier alpha value is -4.96. The van der Waals surface area contributed by atoms with Crippen LogP contribution in [0.4, 0.5) is 27.7 Å². The summed E-state index contributed by atoms with van der Waals surface area (Å²) < 4.78 is 7.38. The van der Waals surface area contributed by atoms with E-state index < -0.39 is 6.03 Å². The summed E-state index contributed by atoms with van der Waals surface area (Å²) in [6, 6.07) is 12.6. The average Bonchev–Trinajstić information content (AvgIpc) is 4.03. The van der Waals surface area contributed by atoms with Crippen LogP contribution in [-0.4, -0.2) is 126 Å². The molecule has 0 aliphatic carbocycles. The van der Waals surface area contributed by atoms with Crippen molar-refractivity contribution in [3.63, 3.8) is 0 Å². The van der Waals surface area contributed by atoms with Gasteiger partial charge in [-0.15, -0.1) is 0 Å². The second-order valence-electron chi connectivity index (χ2n) is 17.7. The van der Waals surface area contributed by atoms with Crippen molar-refractivity contribution in [2.45, 2.75) is 63.5 Å². The smallest absolute Gasteiger partial charge is 0.328 e. The first-order valence-corrected chi connectivity index (χ1v) is 22.3. The van der Waals surface area contributed by atoms with Gasteiger partial charge in [-0.05, 0) is 112 Å². The second-order valence-corrected chi connectivity index (χ2v) is 18.5. The molecule has 0 radical (unpaired) electrons. The van der Waals surface area contributed by atoms with Crippen LogP contribution in [0.3, 0.4) is 0 Å². The van der Waals surface area contributed by atoms with Gasteiger partial charge >= 0.3 is 6.03 Å². The molecule has 6 fully saturated rings. The van der Waals surface area contributed by atoms with Crippen LogP contribution in [0.5, 0.6) is 0 Å². The molecule has 6 aliphatic rings. The highest BCUT2D eigenvalue weighted by atomic mass is 35.5. The van der Waals surface area contributed by atoms with Gasteiger partial charge in [-0.3, -0.25) is 24.6 Å². The van der Waals surface area contributed by atoms with Crippen molar-refractivity contribution in [1.82, 2.24) is 29.7 Å².